The van der Waals surface area contributed by atoms with Gasteiger partial charge in [0.2, 0.25) is 0 Å². The highest BCUT2D eigenvalue weighted by Crippen LogP contribution is 2.12. The minimum absolute atomic E-state index is 0.303. The van der Waals surface area contributed by atoms with Gasteiger partial charge in [0.15, 0.2) is 0 Å². The average molecular weight is 223 g/mol. The highest BCUT2D eigenvalue weighted by Gasteiger charge is 2.13. The molecule has 1 rings (SSSR count). The van der Waals surface area contributed by atoms with E-state index in [1.54, 1.807) is 0 Å². The summed E-state index contributed by atoms with van der Waals surface area (Å²) in [6.07, 6.45) is 3.88. The molecule has 1 saturated heterocycles. The molecule has 0 aromatic carbocycles. The third-order valence-corrected chi connectivity index (χ3v) is 2.33. The summed E-state index contributed by atoms with van der Waals surface area (Å²) in [6, 6.07) is 0. The summed E-state index contributed by atoms with van der Waals surface area (Å²) in [5.41, 5.74) is 0. The van der Waals surface area contributed by atoms with Crippen molar-refractivity contribution in [3.8, 4) is 0 Å². The number of halogens is 1. The van der Waals surface area contributed by atoms with Gasteiger partial charge in [-0.05, 0) is 19.3 Å². The van der Waals surface area contributed by atoms with Gasteiger partial charge in [-0.15, -0.1) is 11.6 Å². The number of alkyl halides is 1. The molecule has 0 aliphatic carbocycles. The zero-order valence-electron chi connectivity index (χ0n) is 8.54. The fourth-order valence-corrected chi connectivity index (χ4v) is 1.54. The molecule has 0 aromatic heterocycles. The lowest BCUT2D eigenvalue weighted by Crippen LogP contribution is -2.25. The minimum atomic E-state index is 0.303. The first kappa shape index (κ1) is 12.2. The smallest absolute Gasteiger partial charge is 0.0808 e. The van der Waals surface area contributed by atoms with E-state index in [0.717, 1.165) is 13.0 Å². The lowest BCUT2D eigenvalue weighted by molar-refractivity contribution is -0.0499. The molecule has 1 fully saturated rings. The summed E-state index contributed by atoms with van der Waals surface area (Å²) in [5, 5.41) is 0. The summed E-state index contributed by atoms with van der Waals surface area (Å²) in [5.74, 6) is 0.547. The van der Waals surface area contributed by atoms with Gasteiger partial charge in [-0.3, -0.25) is 0 Å². The van der Waals surface area contributed by atoms with Crippen LogP contribution in [0.2, 0.25) is 0 Å². The zero-order chi connectivity index (χ0) is 10.1. The van der Waals surface area contributed by atoms with E-state index < -0.39 is 0 Å². The van der Waals surface area contributed by atoms with Gasteiger partial charge < -0.3 is 14.2 Å². The van der Waals surface area contributed by atoms with E-state index in [-0.39, 0.29) is 0 Å². The average Bonchev–Trinajstić information content (AvgIpc) is 2.25. The fourth-order valence-electron chi connectivity index (χ4n) is 1.43. The van der Waals surface area contributed by atoms with E-state index >= 15 is 0 Å². The molecule has 3 nitrogen and oxygen atoms in total. The molecule has 1 aliphatic rings. The number of rotatable bonds is 7. The van der Waals surface area contributed by atoms with Crippen molar-refractivity contribution < 1.29 is 14.2 Å². The summed E-state index contributed by atoms with van der Waals surface area (Å²) in [6.45, 7) is 3.45. The van der Waals surface area contributed by atoms with Crippen LogP contribution >= 0.6 is 11.6 Å². The van der Waals surface area contributed by atoms with Crippen LogP contribution in [0, 0.1) is 0 Å². The summed E-state index contributed by atoms with van der Waals surface area (Å²) >= 11 is 5.45. The van der Waals surface area contributed by atoms with Crippen LogP contribution in [0.5, 0.6) is 0 Å². The normalized spacial score (nSPS) is 22.5. The van der Waals surface area contributed by atoms with Crippen molar-refractivity contribution >= 4 is 11.6 Å². The Morgan fingerprint density at radius 3 is 2.71 bits per heavy atom. The van der Waals surface area contributed by atoms with E-state index in [1.165, 1.54) is 12.8 Å². The second kappa shape index (κ2) is 8.48. The Bertz CT molecular complexity index is 127. The molecular formula is C10H19ClO3. The lowest BCUT2D eigenvalue weighted by Gasteiger charge is -2.22. The SMILES string of the molecule is ClCCOCCOCC1CCCCO1. The quantitative estimate of drug-likeness (QED) is 0.486. The molecule has 0 spiro atoms. The first-order valence-corrected chi connectivity index (χ1v) is 5.80. The van der Waals surface area contributed by atoms with Gasteiger partial charge in [-0.2, -0.15) is 0 Å². The van der Waals surface area contributed by atoms with Gasteiger partial charge in [0, 0.05) is 12.5 Å². The van der Waals surface area contributed by atoms with Gasteiger partial charge in [-0.25, -0.2) is 0 Å². The van der Waals surface area contributed by atoms with Crippen LogP contribution in [0.25, 0.3) is 0 Å². The summed E-state index contributed by atoms with van der Waals surface area (Å²) in [7, 11) is 0. The van der Waals surface area contributed by atoms with E-state index in [2.05, 4.69) is 0 Å². The maximum absolute atomic E-state index is 5.52. The zero-order valence-corrected chi connectivity index (χ0v) is 9.30. The van der Waals surface area contributed by atoms with Crippen molar-refractivity contribution in [2.45, 2.75) is 25.4 Å². The molecule has 0 amide bonds. The van der Waals surface area contributed by atoms with Crippen molar-refractivity contribution in [3.05, 3.63) is 0 Å². The molecule has 14 heavy (non-hydrogen) atoms. The molecule has 84 valence electrons. The molecule has 1 atom stereocenters. The standard InChI is InChI=1S/C10H19ClO3/c11-4-6-12-7-8-13-9-10-3-1-2-5-14-10/h10H,1-9H2. The van der Waals surface area contributed by atoms with Crippen molar-refractivity contribution in [2.75, 3.05) is 38.9 Å². The second-order valence-corrected chi connectivity index (χ2v) is 3.74. The Balaban J connectivity index is 1.82. The van der Waals surface area contributed by atoms with Crippen molar-refractivity contribution in [1.82, 2.24) is 0 Å². The van der Waals surface area contributed by atoms with Crippen LogP contribution in [-0.2, 0) is 14.2 Å². The van der Waals surface area contributed by atoms with E-state index in [0.29, 0.717) is 38.4 Å². The Kier molecular flexibility index (Phi) is 7.41. The van der Waals surface area contributed by atoms with Crippen LogP contribution in [-0.4, -0.2) is 45.0 Å². The number of hydrogen-bond acceptors (Lipinski definition) is 3. The Morgan fingerprint density at radius 1 is 1.14 bits per heavy atom. The van der Waals surface area contributed by atoms with Crippen molar-refractivity contribution in [3.63, 3.8) is 0 Å². The Morgan fingerprint density at radius 2 is 2.00 bits per heavy atom. The third-order valence-electron chi connectivity index (χ3n) is 2.17. The van der Waals surface area contributed by atoms with Gasteiger partial charge in [0.05, 0.1) is 32.5 Å². The molecule has 0 aromatic rings. The first-order chi connectivity index (χ1) is 6.93. The van der Waals surface area contributed by atoms with Gasteiger partial charge in [-0.1, -0.05) is 0 Å². The van der Waals surface area contributed by atoms with Crippen molar-refractivity contribution in [2.24, 2.45) is 0 Å². The Hall–Kier alpha value is 0.170. The molecule has 0 radical (unpaired) electrons. The highest BCUT2D eigenvalue weighted by atomic mass is 35.5. The molecule has 0 bridgehead atoms. The van der Waals surface area contributed by atoms with E-state index in [4.69, 9.17) is 25.8 Å². The maximum atomic E-state index is 5.52. The largest absolute Gasteiger partial charge is 0.378 e. The molecular weight excluding hydrogens is 204 g/mol. The highest BCUT2D eigenvalue weighted by molar-refractivity contribution is 6.17. The van der Waals surface area contributed by atoms with Crippen LogP contribution in [0.15, 0.2) is 0 Å². The third kappa shape index (κ3) is 5.81. The predicted molar refractivity (Wildman–Crippen MR) is 55.9 cm³/mol. The number of hydrogen-bond donors (Lipinski definition) is 0. The summed E-state index contributed by atoms with van der Waals surface area (Å²) in [4.78, 5) is 0. The molecule has 1 unspecified atom stereocenters. The predicted octanol–water partition coefficient (Wildman–Crippen LogP) is 1.83. The lowest BCUT2D eigenvalue weighted by atomic mass is 10.1. The summed E-state index contributed by atoms with van der Waals surface area (Å²) < 4.78 is 16.1. The van der Waals surface area contributed by atoms with Gasteiger partial charge in [0.1, 0.15) is 0 Å². The van der Waals surface area contributed by atoms with Crippen LogP contribution in [0.3, 0.4) is 0 Å². The minimum Gasteiger partial charge on any atom is -0.378 e. The van der Waals surface area contributed by atoms with Gasteiger partial charge >= 0.3 is 0 Å². The number of ether oxygens (including phenoxy) is 3. The molecule has 4 heteroatoms. The fraction of sp³-hybridized carbons (Fsp3) is 1.00. The Labute approximate surface area is 90.7 Å². The van der Waals surface area contributed by atoms with Crippen molar-refractivity contribution in [1.29, 1.82) is 0 Å². The van der Waals surface area contributed by atoms with E-state index in [9.17, 15) is 0 Å². The topological polar surface area (TPSA) is 27.7 Å². The molecule has 0 N–H and O–H groups in total. The second-order valence-electron chi connectivity index (χ2n) is 3.36. The molecule has 0 saturated carbocycles. The first-order valence-electron chi connectivity index (χ1n) is 5.26. The van der Waals surface area contributed by atoms with E-state index in [1.807, 2.05) is 0 Å². The monoisotopic (exact) mass is 222 g/mol. The van der Waals surface area contributed by atoms with Crippen LogP contribution in [0.1, 0.15) is 19.3 Å². The van der Waals surface area contributed by atoms with Crippen LogP contribution in [0.4, 0.5) is 0 Å². The molecule has 1 aliphatic heterocycles. The van der Waals surface area contributed by atoms with Crippen LogP contribution < -0.4 is 0 Å². The van der Waals surface area contributed by atoms with Gasteiger partial charge in [0.25, 0.3) is 0 Å². The maximum Gasteiger partial charge on any atom is 0.0808 e. The molecule has 1 heterocycles.